The summed E-state index contributed by atoms with van der Waals surface area (Å²) in [5, 5.41) is 7.32. The molecule has 0 aromatic heterocycles. The maximum atomic E-state index is 5.79. The van der Waals surface area contributed by atoms with Crippen LogP contribution < -0.4 is 10.1 Å². The highest BCUT2D eigenvalue weighted by Gasteiger charge is 2.20. The monoisotopic (exact) mass is 334 g/mol. The maximum Gasteiger partial charge on any atom is 0.131 e. The van der Waals surface area contributed by atoms with Crippen molar-refractivity contribution in [3.05, 3.63) is 29.8 Å². The summed E-state index contributed by atoms with van der Waals surface area (Å²) < 4.78 is 11.5. The van der Waals surface area contributed by atoms with E-state index in [1.54, 1.807) is 7.11 Å². The van der Waals surface area contributed by atoms with Crippen LogP contribution in [0.4, 0.5) is 0 Å². The minimum absolute atomic E-state index is 0.397. The van der Waals surface area contributed by atoms with Crippen LogP contribution in [-0.2, 0) is 16.0 Å². The van der Waals surface area contributed by atoms with E-state index in [2.05, 4.69) is 36.5 Å². The SMILES string of the molecule is CO/N=C(/CNC(C)C)COc1ccc(CCOCC2CC2)cc1. The Morgan fingerprint density at radius 2 is 2.00 bits per heavy atom. The van der Waals surface area contributed by atoms with E-state index in [1.807, 2.05) is 12.1 Å². The largest absolute Gasteiger partial charge is 0.487 e. The van der Waals surface area contributed by atoms with Crippen LogP contribution in [-0.4, -0.2) is 45.2 Å². The van der Waals surface area contributed by atoms with Crippen LogP contribution in [0.1, 0.15) is 32.3 Å². The quantitative estimate of drug-likeness (QED) is 0.363. The van der Waals surface area contributed by atoms with Crippen molar-refractivity contribution in [2.45, 2.75) is 39.2 Å². The molecule has 134 valence electrons. The first kappa shape index (κ1) is 18.7. The Balaban J connectivity index is 1.70. The maximum absolute atomic E-state index is 5.79. The zero-order chi connectivity index (χ0) is 17.2. The summed E-state index contributed by atoms with van der Waals surface area (Å²) in [6, 6.07) is 8.57. The van der Waals surface area contributed by atoms with E-state index in [4.69, 9.17) is 14.3 Å². The molecule has 1 aliphatic rings. The topological polar surface area (TPSA) is 52.1 Å². The summed E-state index contributed by atoms with van der Waals surface area (Å²) in [5.41, 5.74) is 2.11. The minimum Gasteiger partial charge on any atom is -0.487 e. The van der Waals surface area contributed by atoms with Gasteiger partial charge in [0.1, 0.15) is 25.2 Å². The first-order valence-corrected chi connectivity index (χ1v) is 8.79. The molecule has 5 heteroatoms. The molecule has 1 fully saturated rings. The Labute approximate surface area is 145 Å². The van der Waals surface area contributed by atoms with Crippen molar-refractivity contribution in [1.29, 1.82) is 0 Å². The molecular weight excluding hydrogens is 304 g/mol. The van der Waals surface area contributed by atoms with Gasteiger partial charge >= 0.3 is 0 Å². The summed E-state index contributed by atoms with van der Waals surface area (Å²) in [5.74, 6) is 1.67. The summed E-state index contributed by atoms with van der Waals surface area (Å²) in [6.07, 6.45) is 3.63. The summed E-state index contributed by atoms with van der Waals surface area (Å²) in [6.45, 7) is 6.98. The van der Waals surface area contributed by atoms with Gasteiger partial charge in [-0.3, -0.25) is 0 Å². The van der Waals surface area contributed by atoms with Crippen LogP contribution >= 0.6 is 0 Å². The van der Waals surface area contributed by atoms with Gasteiger partial charge in [0, 0.05) is 19.2 Å². The first-order valence-electron chi connectivity index (χ1n) is 8.79. The van der Waals surface area contributed by atoms with Crippen molar-refractivity contribution in [1.82, 2.24) is 5.32 Å². The molecule has 1 aromatic rings. The standard InChI is InChI=1S/C19H30N2O3/c1-15(2)20-12-18(21-22-3)14-24-19-8-6-16(7-9-19)10-11-23-13-17-4-5-17/h6-9,15,17,20H,4-5,10-14H2,1-3H3/b21-18-. The molecule has 0 radical (unpaired) electrons. The zero-order valence-corrected chi connectivity index (χ0v) is 15.1. The van der Waals surface area contributed by atoms with Crippen molar-refractivity contribution >= 4 is 5.71 Å². The fraction of sp³-hybridized carbons (Fsp3) is 0.632. The highest BCUT2D eigenvalue weighted by Crippen LogP contribution is 2.28. The molecule has 0 aliphatic heterocycles. The second kappa shape index (κ2) is 10.3. The number of oxime groups is 1. The molecule has 0 spiro atoms. The summed E-state index contributed by atoms with van der Waals surface area (Å²) in [4.78, 5) is 4.87. The lowest BCUT2D eigenvalue weighted by Gasteiger charge is -2.12. The van der Waals surface area contributed by atoms with Crippen LogP contribution in [0.15, 0.2) is 29.4 Å². The van der Waals surface area contributed by atoms with Crippen molar-refractivity contribution in [3.63, 3.8) is 0 Å². The molecule has 1 aromatic carbocycles. The highest BCUT2D eigenvalue weighted by molar-refractivity contribution is 5.87. The Kier molecular flexibility index (Phi) is 8.05. The van der Waals surface area contributed by atoms with Gasteiger partial charge in [0.05, 0.1) is 6.61 Å². The van der Waals surface area contributed by atoms with Crippen molar-refractivity contribution in [2.75, 3.05) is 33.5 Å². The predicted molar refractivity (Wildman–Crippen MR) is 96.8 cm³/mol. The molecule has 0 atom stereocenters. The number of nitrogens with zero attached hydrogens (tertiary/aromatic N) is 1. The van der Waals surface area contributed by atoms with Gasteiger partial charge in [-0.15, -0.1) is 0 Å². The van der Waals surface area contributed by atoms with Gasteiger partial charge in [-0.2, -0.15) is 0 Å². The Hall–Kier alpha value is -1.59. The average Bonchev–Trinajstić information content (AvgIpc) is 3.39. The normalized spacial score (nSPS) is 14.9. The van der Waals surface area contributed by atoms with Crippen LogP contribution in [0.2, 0.25) is 0 Å². The Bertz CT molecular complexity index is 496. The van der Waals surface area contributed by atoms with Crippen LogP contribution in [0, 0.1) is 5.92 Å². The highest BCUT2D eigenvalue weighted by atomic mass is 16.6. The number of hydrogen-bond acceptors (Lipinski definition) is 5. The lowest BCUT2D eigenvalue weighted by molar-refractivity contribution is 0.127. The molecule has 1 saturated carbocycles. The van der Waals surface area contributed by atoms with Gasteiger partial charge in [-0.05, 0) is 42.9 Å². The third kappa shape index (κ3) is 7.79. The minimum atomic E-state index is 0.397. The van der Waals surface area contributed by atoms with E-state index in [0.29, 0.717) is 19.2 Å². The molecule has 24 heavy (non-hydrogen) atoms. The molecule has 2 rings (SSSR count). The Morgan fingerprint density at radius 1 is 1.25 bits per heavy atom. The van der Waals surface area contributed by atoms with Crippen LogP contribution in [0.25, 0.3) is 0 Å². The molecule has 0 saturated heterocycles. The molecule has 0 amide bonds. The number of ether oxygens (including phenoxy) is 2. The molecular formula is C19H30N2O3. The van der Waals surface area contributed by atoms with Crippen molar-refractivity contribution in [2.24, 2.45) is 11.1 Å². The summed E-state index contributed by atoms with van der Waals surface area (Å²) >= 11 is 0. The third-order valence-corrected chi connectivity index (χ3v) is 3.85. The fourth-order valence-electron chi connectivity index (χ4n) is 2.20. The number of benzene rings is 1. The predicted octanol–water partition coefficient (Wildman–Crippen LogP) is 3.03. The molecule has 5 nitrogen and oxygen atoms in total. The van der Waals surface area contributed by atoms with Gasteiger partial charge in [0.2, 0.25) is 0 Å². The first-order chi connectivity index (χ1) is 11.7. The zero-order valence-electron chi connectivity index (χ0n) is 15.1. The smallest absolute Gasteiger partial charge is 0.131 e. The molecule has 1 N–H and O–H groups in total. The van der Waals surface area contributed by atoms with E-state index in [1.165, 1.54) is 18.4 Å². The average molecular weight is 334 g/mol. The third-order valence-electron chi connectivity index (χ3n) is 3.85. The van der Waals surface area contributed by atoms with E-state index in [9.17, 15) is 0 Å². The second-order valence-electron chi connectivity index (χ2n) is 6.58. The second-order valence-corrected chi connectivity index (χ2v) is 6.58. The van der Waals surface area contributed by atoms with Crippen LogP contribution in [0.5, 0.6) is 5.75 Å². The van der Waals surface area contributed by atoms with Gasteiger partial charge in [-0.25, -0.2) is 0 Å². The van der Waals surface area contributed by atoms with Crippen molar-refractivity contribution in [3.8, 4) is 5.75 Å². The number of nitrogens with one attached hydrogen (secondary N) is 1. The number of rotatable bonds is 12. The summed E-state index contributed by atoms with van der Waals surface area (Å²) in [7, 11) is 1.55. The van der Waals surface area contributed by atoms with E-state index >= 15 is 0 Å². The van der Waals surface area contributed by atoms with Gasteiger partial charge < -0.3 is 19.6 Å². The van der Waals surface area contributed by atoms with Crippen LogP contribution in [0.3, 0.4) is 0 Å². The molecule has 1 aliphatic carbocycles. The van der Waals surface area contributed by atoms with Crippen molar-refractivity contribution < 1.29 is 14.3 Å². The van der Waals surface area contributed by atoms with E-state index in [0.717, 1.165) is 37.0 Å². The lowest BCUT2D eigenvalue weighted by atomic mass is 10.1. The van der Waals surface area contributed by atoms with E-state index in [-0.39, 0.29) is 0 Å². The number of hydrogen-bond donors (Lipinski definition) is 1. The molecule has 0 heterocycles. The molecule has 0 bridgehead atoms. The van der Waals surface area contributed by atoms with Gasteiger partial charge in [0.15, 0.2) is 0 Å². The molecule has 0 unspecified atom stereocenters. The fourth-order valence-corrected chi connectivity index (χ4v) is 2.20. The Morgan fingerprint density at radius 3 is 2.62 bits per heavy atom. The van der Waals surface area contributed by atoms with E-state index < -0.39 is 0 Å². The van der Waals surface area contributed by atoms with Gasteiger partial charge in [-0.1, -0.05) is 31.1 Å². The van der Waals surface area contributed by atoms with Gasteiger partial charge in [0.25, 0.3) is 0 Å². The lowest BCUT2D eigenvalue weighted by Crippen LogP contribution is -2.32.